The summed E-state index contributed by atoms with van der Waals surface area (Å²) >= 11 is 13.4. The largest absolute Gasteiger partial charge is 0.300 e. The van der Waals surface area contributed by atoms with Gasteiger partial charge in [0.25, 0.3) is 5.91 Å². The van der Waals surface area contributed by atoms with E-state index >= 15 is 0 Å². The van der Waals surface area contributed by atoms with Crippen molar-refractivity contribution >= 4 is 45.6 Å². The molecule has 23 heavy (non-hydrogen) atoms. The summed E-state index contributed by atoms with van der Waals surface area (Å²) in [4.78, 5) is 16.6. The Labute approximate surface area is 146 Å². The quantitative estimate of drug-likeness (QED) is 0.738. The van der Waals surface area contributed by atoms with Crippen LogP contribution in [0.2, 0.25) is 10.0 Å². The Bertz CT molecular complexity index is 832. The van der Waals surface area contributed by atoms with Crippen LogP contribution in [0.4, 0.5) is 5.13 Å². The predicted octanol–water partition coefficient (Wildman–Crippen LogP) is 4.51. The fourth-order valence-electron chi connectivity index (χ4n) is 1.99. The number of carbonyl (C=O) groups is 1. The third kappa shape index (κ3) is 3.55. The number of nitrogens with one attached hydrogen (secondary N) is 1. The second-order valence-electron chi connectivity index (χ2n) is 4.81. The molecule has 0 radical (unpaired) electrons. The highest BCUT2D eigenvalue weighted by Crippen LogP contribution is 2.32. The van der Waals surface area contributed by atoms with Crippen molar-refractivity contribution in [3.8, 4) is 11.3 Å². The molecule has 0 spiro atoms. The van der Waals surface area contributed by atoms with Crippen molar-refractivity contribution in [3.63, 3.8) is 0 Å². The van der Waals surface area contributed by atoms with Crippen LogP contribution >= 0.6 is 34.5 Å². The zero-order valence-corrected chi connectivity index (χ0v) is 14.4. The molecule has 8 heteroatoms. The highest BCUT2D eigenvalue weighted by atomic mass is 35.5. The van der Waals surface area contributed by atoms with Gasteiger partial charge in [-0.05, 0) is 31.2 Å². The van der Waals surface area contributed by atoms with E-state index in [1.54, 1.807) is 48.3 Å². The van der Waals surface area contributed by atoms with Crippen LogP contribution in [0, 0.1) is 0 Å². The van der Waals surface area contributed by atoms with Gasteiger partial charge in [0.1, 0.15) is 6.04 Å². The van der Waals surface area contributed by atoms with Crippen molar-refractivity contribution < 1.29 is 4.79 Å². The van der Waals surface area contributed by atoms with Crippen LogP contribution < -0.4 is 5.32 Å². The van der Waals surface area contributed by atoms with Crippen LogP contribution in [0.5, 0.6) is 0 Å². The SMILES string of the molecule is CC(C(=O)Nc1nc(-c2ccc(Cl)cc2Cl)cs1)n1cccn1. The van der Waals surface area contributed by atoms with Crippen LogP contribution in [-0.4, -0.2) is 20.7 Å². The third-order valence-electron chi connectivity index (χ3n) is 3.24. The van der Waals surface area contributed by atoms with Gasteiger partial charge in [0.05, 0.1) is 10.7 Å². The lowest BCUT2D eigenvalue weighted by Gasteiger charge is -2.10. The Morgan fingerprint density at radius 3 is 2.91 bits per heavy atom. The van der Waals surface area contributed by atoms with Gasteiger partial charge >= 0.3 is 0 Å². The molecule has 5 nitrogen and oxygen atoms in total. The first-order valence-electron chi connectivity index (χ1n) is 6.75. The van der Waals surface area contributed by atoms with Gasteiger partial charge < -0.3 is 5.32 Å². The summed E-state index contributed by atoms with van der Waals surface area (Å²) in [5.41, 5.74) is 1.46. The number of benzene rings is 1. The number of thiazole rings is 1. The molecule has 0 bridgehead atoms. The van der Waals surface area contributed by atoms with Gasteiger partial charge in [-0.3, -0.25) is 9.48 Å². The highest BCUT2D eigenvalue weighted by molar-refractivity contribution is 7.14. The maximum atomic E-state index is 12.2. The maximum absolute atomic E-state index is 12.2. The van der Waals surface area contributed by atoms with E-state index in [0.29, 0.717) is 20.9 Å². The molecule has 0 saturated carbocycles. The normalized spacial score (nSPS) is 12.1. The Morgan fingerprint density at radius 1 is 1.39 bits per heavy atom. The van der Waals surface area contributed by atoms with Gasteiger partial charge in [-0.1, -0.05) is 23.2 Å². The Kier molecular flexibility index (Phi) is 4.66. The molecular weight excluding hydrogens is 355 g/mol. The van der Waals surface area contributed by atoms with E-state index in [0.717, 1.165) is 5.56 Å². The van der Waals surface area contributed by atoms with Gasteiger partial charge in [0, 0.05) is 28.4 Å². The van der Waals surface area contributed by atoms with Crippen LogP contribution in [0.25, 0.3) is 11.3 Å². The average Bonchev–Trinajstić information content (AvgIpc) is 3.18. The van der Waals surface area contributed by atoms with Crippen LogP contribution in [0.1, 0.15) is 13.0 Å². The molecule has 0 aliphatic heterocycles. The summed E-state index contributed by atoms with van der Waals surface area (Å²) in [7, 11) is 0. The molecule has 0 aliphatic rings. The van der Waals surface area contributed by atoms with Crippen LogP contribution in [0.15, 0.2) is 42.0 Å². The van der Waals surface area contributed by atoms with Gasteiger partial charge in [-0.25, -0.2) is 4.98 Å². The fraction of sp³-hybridized carbons (Fsp3) is 0.133. The molecule has 0 fully saturated rings. The standard InChI is InChI=1S/C15H12Cl2N4OS/c1-9(21-6-2-5-18-21)14(22)20-15-19-13(8-23-15)11-4-3-10(16)7-12(11)17/h2-9H,1H3,(H,19,20,22). The van der Waals surface area contributed by atoms with Crippen molar-refractivity contribution in [2.45, 2.75) is 13.0 Å². The van der Waals surface area contributed by atoms with E-state index in [9.17, 15) is 4.79 Å². The summed E-state index contributed by atoms with van der Waals surface area (Å²) in [6.45, 7) is 1.77. The summed E-state index contributed by atoms with van der Waals surface area (Å²) in [5.74, 6) is -0.184. The topological polar surface area (TPSA) is 59.8 Å². The minimum atomic E-state index is -0.420. The lowest BCUT2D eigenvalue weighted by Crippen LogP contribution is -2.23. The molecule has 0 saturated heterocycles. The molecule has 3 aromatic rings. The minimum Gasteiger partial charge on any atom is -0.300 e. The number of hydrogen-bond donors (Lipinski definition) is 1. The zero-order valence-electron chi connectivity index (χ0n) is 12.0. The Hall–Kier alpha value is -1.89. The van der Waals surface area contributed by atoms with Gasteiger partial charge in [0.15, 0.2) is 5.13 Å². The smallest absolute Gasteiger partial charge is 0.250 e. The number of aromatic nitrogens is 3. The number of amides is 1. The average molecular weight is 367 g/mol. The number of rotatable bonds is 4. The number of nitrogens with zero attached hydrogens (tertiary/aromatic N) is 3. The fourth-order valence-corrected chi connectivity index (χ4v) is 3.21. The van der Waals surface area contributed by atoms with Crippen LogP contribution in [0.3, 0.4) is 0 Å². The van der Waals surface area contributed by atoms with Crippen molar-refractivity contribution in [2.75, 3.05) is 5.32 Å². The first kappa shape index (κ1) is 16.0. The van der Waals surface area contributed by atoms with E-state index in [1.165, 1.54) is 11.3 Å². The van der Waals surface area contributed by atoms with Crippen LogP contribution in [-0.2, 0) is 4.79 Å². The third-order valence-corrected chi connectivity index (χ3v) is 4.55. The van der Waals surface area contributed by atoms with Crippen molar-refractivity contribution in [1.29, 1.82) is 0 Å². The number of anilines is 1. The van der Waals surface area contributed by atoms with E-state index in [1.807, 2.05) is 5.38 Å². The first-order valence-corrected chi connectivity index (χ1v) is 8.39. The molecule has 2 heterocycles. The zero-order chi connectivity index (χ0) is 16.4. The highest BCUT2D eigenvalue weighted by Gasteiger charge is 2.17. The van der Waals surface area contributed by atoms with Gasteiger partial charge in [-0.15, -0.1) is 11.3 Å². The second-order valence-corrected chi connectivity index (χ2v) is 6.52. The minimum absolute atomic E-state index is 0.184. The molecular formula is C15H12Cl2N4OS. The summed E-state index contributed by atoms with van der Waals surface area (Å²) < 4.78 is 1.58. The molecule has 1 amide bonds. The van der Waals surface area contributed by atoms with Crippen molar-refractivity contribution in [1.82, 2.24) is 14.8 Å². The summed E-state index contributed by atoms with van der Waals surface area (Å²) in [6, 6.07) is 6.57. The number of carbonyl (C=O) groups excluding carboxylic acids is 1. The van der Waals surface area contributed by atoms with E-state index in [4.69, 9.17) is 23.2 Å². The molecule has 0 aliphatic carbocycles. The second kappa shape index (κ2) is 6.70. The summed E-state index contributed by atoms with van der Waals surface area (Å²) in [6.07, 6.45) is 3.37. The number of hydrogen-bond acceptors (Lipinski definition) is 4. The van der Waals surface area contributed by atoms with Crippen molar-refractivity contribution in [3.05, 3.63) is 52.1 Å². The monoisotopic (exact) mass is 366 g/mol. The first-order chi connectivity index (χ1) is 11.0. The van der Waals surface area contributed by atoms with Gasteiger partial charge in [0.2, 0.25) is 0 Å². The lowest BCUT2D eigenvalue weighted by molar-refractivity contribution is -0.119. The van der Waals surface area contributed by atoms with Crippen molar-refractivity contribution in [2.24, 2.45) is 0 Å². The molecule has 1 aromatic carbocycles. The molecule has 1 unspecified atom stereocenters. The molecule has 3 rings (SSSR count). The van der Waals surface area contributed by atoms with Gasteiger partial charge in [-0.2, -0.15) is 5.10 Å². The molecule has 2 aromatic heterocycles. The molecule has 1 N–H and O–H groups in total. The van der Waals surface area contributed by atoms with E-state index in [-0.39, 0.29) is 5.91 Å². The molecule has 1 atom stereocenters. The number of halogens is 2. The Balaban J connectivity index is 1.76. The lowest BCUT2D eigenvalue weighted by atomic mass is 10.2. The van der Waals surface area contributed by atoms with E-state index in [2.05, 4.69) is 15.4 Å². The molecule has 118 valence electrons. The maximum Gasteiger partial charge on any atom is 0.250 e. The van der Waals surface area contributed by atoms with E-state index < -0.39 is 6.04 Å². The predicted molar refractivity (Wildman–Crippen MR) is 93.1 cm³/mol. The Morgan fingerprint density at radius 2 is 2.22 bits per heavy atom. The summed E-state index contributed by atoms with van der Waals surface area (Å²) in [5, 5.41) is 10.3.